The van der Waals surface area contributed by atoms with Crippen LogP contribution in [0.1, 0.15) is 0 Å². The lowest BCUT2D eigenvalue weighted by Crippen LogP contribution is -2.50. The first kappa shape index (κ1) is 15.4. The number of rotatable bonds is 2. The van der Waals surface area contributed by atoms with E-state index in [0.717, 1.165) is 35.5 Å². The fraction of sp³-hybridized carbons (Fsp3) is 0.211. The van der Waals surface area contributed by atoms with Crippen LogP contribution in [-0.2, 0) is 0 Å². The number of nitrogens with zero attached hydrogens (tertiary/aromatic N) is 4. The van der Waals surface area contributed by atoms with Crippen molar-refractivity contribution in [3.8, 4) is 0 Å². The van der Waals surface area contributed by atoms with E-state index in [4.69, 9.17) is 0 Å². The molecule has 1 aliphatic rings. The molecule has 2 heterocycles. The van der Waals surface area contributed by atoms with Crippen LogP contribution in [0, 0.1) is 0 Å². The molecule has 1 fully saturated rings. The van der Waals surface area contributed by atoms with Crippen molar-refractivity contribution in [2.24, 2.45) is 0 Å². The van der Waals surface area contributed by atoms with E-state index in [1.54, 1.807) is 18.5 Å². The molecule has 1 aromatic heterocycles. The van der Waals surface area contributed by atoms with Crippen molar-refractivity contribution < 1.29 is 4.79 Å². The minimum Gasteiger partial charge on any atom is -0.337 e. The summed E-state index contributed by atoms with van der Waals surface area (Å²) >= 11 is 0. The van der Waals surface area contributed by atoms with E-state index in [9.17, 15) is 4.79 Å². The number of hydrogen-bond donors (Lipinski definition) is 1. The highest BCUT2D eigenvalue weighted by molar-refractivity contribution is 5.93. The van der Waals surface area contributed by atoms with E-state index in [2.05, 4.69) is 26.3 Å². The Morgan fingerprint density at radius 2 is 1.60 bits per heavy atom. The van der Waals surface area contributed by atoms with Gasteiger partial charge < -0.3 is 15.1 Å². The van der Waals surface area contributed by atoms with Gasteiger partial charge in [0.2, 0.25) is 5.95 Å². The first-order chi connectivity index (χ1) is 12.3. The smallest absolute Gasteiger partial charge is 0.321 e. The third-order valence-corrected chi connectivity index (χ3v) is 4.40. The molecule has 2 amide bonds. The minimum absolute atomic E-state index is 0.0658. The molecule has 1 saturated heterocycles. The standard InChI is InChI=1S/C19H19N5O/c25-19(22-17-7-6-15-4-1-2-5-16(15)14-17)24-12-10-23(11-13-24)18-20-8-3-9-21-18/h1-9,14H,10-13H2,(H,22,25). The molecule has 0 aliphatic carbocycles. The number of nitrogens with one attached hydrogen (secondary N) is 1. The summed E-state index contributed by atoms with van der Waals surface area (Å²) in [6.07, 6.45) is 3.47. The van der Waals surface area contributed by atoms with Gasteiger partial charge in [0.25, 0.3) is 0 Å². The molecule has 0 spiro atoms. The quantitative estimate of drug-likeness (QED) is 0.783. The van der Waals surface area contributed by atoms with Crippen LogP contribution in [0.5, 0.6) is 0 Å². The van der Waals surface area contributed by atoms with Crippen LogP contribution >= 0.6 is 0 Å². The van der Waals surface area contributed by atoms with E-state index in [1.165, 1.54) is 0 Å². The lowest BCUT2D eigenvalue weighted by atomic mass is 10.1. The first-order valence-electron chi connectivity index (χ1n) is 8.36. The Labute approximate surface area is 146 Å². The molecule has 6 nitrogen and oxygen atoms in total. The number of fused-ring (bicyclic) bond motifs is 1. The van der Waals surface area contributed by atoms with Crippen molar-refractivity contribution in [2.45, 2.75) is 0 Å². The summed E-state index contributed by atoms with van der Waals surface area (Å²) in [4.78, 5) is 25.0. The molecule has 0 bridgehead atoms. The van der Waals surface area contributed by atoms with Crippen molar-refractivity contribution in [3.63, 3.8) is 0 Å². The Morgan fingerprint density at radius 1 is 0.880 bits per heavy atom. The summed E-state index contributed by atoms with van der Waals surface area (Å²) in [6, 6.07) is 15.8. The van der Waals surface area contributed by atoms with Crippen LogP contribution < -0.4 is 10.2 Å². The number of amides is 2. The van der Waals surface area contributed by atoms with Gasteiger partial charge in [-0.1, -0.05) is 30.3 Å². The van der Waals surface area contributed by atoms with Gasteiger partial charge in [-0.25, -0.2) is 14.8 Å². The fourth-order valence-electron chi connectivity index (χ4n) is 3.03. The van der Waals surface area contributed by atoms with Crippen molar-refractivity contribution in [1.29, 1.82) is 0 Å². The monoisotopic (exact) mass is 333 g/mol. The molecule has 0 atom stereocenters. The van der Waals surface area contributed by atoms with Gasteiger partial charge in [0.1, 0.15) is 0 Å². The van der Waals surface area contributed by atoms with Gasteiger partial charge in [-0.3, -0.25) is 0 Å². The van der Waals surface area contributed by atoms with Crippen LogP contribution in [0.15, 0.2) is 60.9 Å². The van der Waals surface area contributed by atoms with Crippen molar-refractivity contribution in [2.75, 3.05) is 36.4 Å². The Morgan fingerprint density at radius 3 is 2.36 bits per heavy atom. The maximum atomic E-state index is 12.5. The van der Waals surface area contributed by atoms with E-state index in [-0.39, 0.29) is 6.03 Å². The van der Waals surface area contributed by atoms with Gasteiger partial charge in [-0.05, 0) is 29.0 Å². The zero-order valence-corrected chi connectivity index (χ0v) is 13.8. The number of anilines is 2. The highest BCUT2D eigenvalue weighted by Gasteiger charge is 2.22. The van der Waals surface area contributed by atoms with E-state index in [1.807, 2.05) is 41.3 Å². The van der Waals surface area contributed by atoms with Gasteiger partial charge >= 0.3 is 6.03 Å². The molecule has 126 valence electrons. The van der Waals surface area contributed by atoms with Crippen LogP contribution in [0.4, 0.5) is 16.4 Å². The van der Waals surface area contributed by atoms with Gasteiger partial charge in [0.05, 0.1) is 0 Å². The predicted octanol–water partition coefficient (Wildman–Crippen LogP) is 2.98. The fourth-order valence-corrected chi connectivity index (χ4v) is 3.03. The number of aromatic nitrogens is 2. The molecule has 2 aromatic carbocycles. The van der Waals surface area contributed by atoms with Crippen LogP contribution in [0.2, 0.25) is 0 Å². The predicted molar refractivity (Wildman–Crippen MR) is 98.8 cm³/mol. The number of benzene rings is 2. The van der Waals surface area contributed by atoms with E-state index < -0.39 is 0 Å². The number of carbonyl (C=O) groups is 1. The number of hydrogen-bond acceptors (Lipinski definition) is 4. The Kier molecular flexibility index (Phi) is 4.16. The summed E-state index contributed by atoms with van der Waals surface area (Å²) in [5.41, 5.74) is 0.817. The second-order valence-corrected chi connectivity index (χ2v) is 6.01. The third-order valence-electron chi connectivity index (χ3n) is 4.40. The maximum Gasteiger partial charge on any atom is 0.321 e. The average Bonchev–Trinajstić information content (AvgIpc) is 2.69. The first-order valence-corrected chi connectivity index (χ1v) is 8.36. The van der Waals surface area contributed by atoms with Gasteiger partial charge in [-0.2, -0.15) is 0 Å². The average molecular weight is 333 g/mol. The molecule has 0 saturated carbocycles. The minimum atomic E-state index is -0.0658. The Balaban J connectivity index is 1.38. The SMILES string of the molecule is O=C(Nc1ccc2ccccc2c1)N1CCN(c2ncccn2)CC1. The lowest BCUT2D eigenvalue weighted by molar-refractivity contribution is 0.208. The Hall–Kier alpha value is -3.15. The van der Waals surface area contributed by atoms with Gasteiger partial charge in [0, 0.05) is 44.3 Å². The molecule has 4 rings (SSSR count). The molecule has 6 heteroatoms. The van der Waals surface area contributed by atoms with Crippen molar-refractivity contribution in [3.05, 3.63) is 60.9 Å². The van der Waals surface area contributed by atoms with Crippen molar-refractivity contribution >= 4 is 28.4 Å². The normalized spacial score (nSPS) is 14.6. The van der Waals surface area contributed by atoms with Crippen LogP contribution in [0.25, 0.3) is 10.8 Å². The summed E-state index contributed by atoms with van der Waals surface area (Å²) in [5.74, 6) is 0.720. The maximum absolute atomic E-state index is 12.5. The molecule has 25 heavy (non-hydrogen) atoms. The zero-order chi connectivity index (χ0) is 17.1. The molecule has 0 unspecified atom stereocenters. The molecule has 3 aromatic rings. The van der Waals surface area contributed by atoms with Gasteiger partial charge in [0.15, 0.2) is 0 Å². The van der Waals surface area contributed by atoms with E-state index >= 15 is 0 Å². The zero-order valence-electron chi connectivity index (χ0n) is 13.8. The summed E-state index contributed by atoms with van der Waals surface area (Å²) in [5, 5.41) is 5.28. The molecule has 0 radical (unpaired) electrons. The highest BCUT2D eigenvalue weighted by atomic mass is 16.2. The molecule has 1 N–H and O–H groups in total. The number of urea groups is 1. The third kappa shape index (κ3) is 3.38. The molecular weight excluding hydrogens is 314 g/mol. The van der Waals surface area contributed by atoms with Crippen LogP contribution in [0.3, 0.4) is 0 Å². The summed E-state index contributed by atoms with van der Waals surface area (Å²) in [7, 11) is 0. The number of piperazine rings is 1. The second-order valence-electron chi connectivity index (χ2n) is 6.01. The highest BCUT2D eigenvalue weighted by Crippen LogP contribution is 2.19. The molecule has 1 aliphatic heterocycles. The largest absolute Gasteiger partial charge is 0.337 e. The number of carbonyl (C=O) groups excluding carboxylic acids is 1. The van der Waals surface area contributed by atoms with Crippen LogP contribution in [-0.4, -0.2) is 47.1 Å². The summed E-state index contributed by atoms with van der Waals surface area (Å²) in [6.45, 7) is 2.76. The molecular formula is C19H19N5O. The Bertz CT molecular complexity index is 875. The summed E-state index contributed by atoms with van der Waals surface area (Å²) < 4.78 is 0. The lowest BCUT2D eigenvalue weighted by Gasteiger charge is -2.34. The second kappa shape index (κ2) is 6.76. The topological polar surface area (TPSA) is 61.4 Å². The van der Waals surface area contributed by atoms with Crippen molar-refractivity contribution in [1.82, 2.24) is 14.9 Å². The van der Waals surface area contributed by atoms with Gasteiger partial charge in [-0.15, -0.1) is 0 Å². The van der Waals surface area contributed by atoms with E-state index in [0.29, 0.717) is 13.1 Å².